The Morgan fingerprint density at radius 1 is 1.21 bits per heavy atom. The fraction of sp³-hybridized carbons (Fsp3) is 0.409. The van der Waals surface area contributed by atoms with Crippen molar-refractivity contribution in [2.24, 2.45) is 5.92 Å². The second-order valence-electron chi connectivity index (χ2n) is 7.03. The van der Waals surface area contributed by atoms with Crippen molar-refractivity contribution in [2.45, 2.75) is 53.6 Å². The second kappa shape index (κ2) is 9.15. The van der Waals surface area contributed by atoms with Crippen LogP contribution in [0.2, 0.25) is 0 Å². The molecule has 0 amide bonds. The molecule has 3 aromatic rings. The molecular formula is C22H27N3O2S. The molecule has 0 aliphatic rings. The molecule has 148 valence electrons. The van der Waals surface area contributed by atoms with Crippen LogP contribution in [-0.2, 0) is 13.0 Å². The lowest BCUT2D eigenvalue weighted by Gasteiger charge is -2.09. The van der Waals surface area contributed by atoms with Gasteiger partial charge in [0, 0.05) is 16.7 Å². The lowest BCUT2D eigenvalue weighted by molar-refractivity contribution is 0.302. The molecule has 0 spiro atoms. The van der Waals surface area contributed by atoms with Crippen LogP contribution in [0.5, 0.6) is 5.75 Å². The summed E-state index contributed by atoms with van der Waals surface area (Å²) in [4.78, 5) is 9.05. The molecule has 0 aliphatic heterocycles. The van der Waals surface area contributed by atoms with E-state index >= 15 is 0 Å². The predicted molar refractivity (Wildman–Crippen MR) is 113 cm³/mol. The quantitative estimate of drug-likeness (QED) is 0.450. The Labute approximate surface area is 170 Å². The van der Waals surface area contributed by atoms with Gasteiger partial charge >= 0.3 is 0 Å². The summed E-state index contributed by atoms with van der Waals surface area (Å²) in [6.45, 7) is 8.61. The molecule has 0 saturated carbocycles. The van der Waals surface area contributed by atoms with Gasteiger partial charge in [-0.25, -0.2) is 9.97 Å². The molecule has 0 bridgehead atoms. The zero-order valence-electron chi connectivity index (χ0n) is 16.9. The number of aryl methyl sites for hydroxylation is 3. The number of rotatable bonds is 9. The van der Waals surface area contributed by atoms with Gasteiger partial charge < -0.3 is 14.6 Å². The van der Waals surface area contributed by atoms with Crippen molar-refractivity contribution < 1.29 is 9.15 Å². The topological polar surface area (TPSA) is 72.0 Å². The maximum absolute atomic E-state index is 8.14. The van der Waals surface area contributed by atoms with Crippen LogP contribution in [0.3, 0.4) is 0 Å². The Balaban J connectivity index is 1.61. The Morgan fingerprint density at radius 3 is 2.61 bits per heavy atom. The molecule has 0 radical (unpaired) electrons. The average Bonchev–Trinajstić information content (AvgIpc) is 3.29. The molecule has 0 aliphatic carbocycles. The smallest absolute Gasteiger partial charge is 0.226 e. The van der Waals surface area contributed by atoms with Gasteiger partial charge in [0.2, 0.25) is 5.89 Å². The third-order valence-electron chi connectivity index (χ3n) is 4.89. The Kier molecular flexibility index (Phi) is 6.62. The molecule has 5 nitrogen and oxygen atoms in total. The zero-order chi connectivity index (χ0) is 20.1. The van der Waals surface area contributed by atoms with Gasteiger partial charge in [-0.3, -0.25) is 0 Å². The standard InChI is InChI=1S/C22H27N3O2S/c1-5-14(2)20(23)10-11-21-15(3)27-22(25-21)17-6-8-19(9-7-17)26-12-18-13-28-16(4)24-18/h6-9,13-14,23H,5,10-12H2,1-4H3. The van der Waals surface area contributed by atoms with Gasteiger partial charge in [-0.15, -0.1) is 11.3 Å². The number of nitrogens with one attached hydrogen (secondary N) is 1. The summed E-state index contributed by atoms with van der Waals surface area (Å²) >= 11 is 1.63. The summed E-state index contributed by atoms with van der Waals surface area (Å²) in [5.41, 5.74) is 3.58. The van der Waals surface area contributed by atoms with E-state index in [0.717, 1.165) is 58.4 Å². The minimum atomic E-state index is 0.326. The third-order valence-corrected chi connectivity index (χ3v) is 5.71. The molecule has 6 heteroatoms. The van der Waals surface area contributed by atoms with E-state index in [1.54, 1.807) is 11.3 Å². The highest BCUT2D eigenvalue weighted by Crippen LogP contribution is 2.25. The average molecular weight is 398 g/mol. The molecule has 1 N–H and O–H groups in total. The first-order valence-electron chi connectivity index (χ1n) is 9.64. The fourth-order valence-corrected chi connectivity index (χ4v) is 3.45. The van der Waals surface area contributed by atoms with Gasteiger partial charge in [0.15, 0.2) is 0 Å². The van der Waals surface area contributed by atoms with Crippen LogP contribution in [-0.4, -0.2) is 15.7 Å². The largest absolute Gasteiger partial charge is 0.487 e. The van der Waals surface area contributed by atoms with Gasteiger partial charge in [0.25, 0.3) is 0 Å². The number of nitrogens with zero attached hydrogens (tertiary/aromatic N) is 2. The molecule has 3 rings (SSSR count). The molecule has 1 atom stereocenters. The second-order valence-corrected chi connectivity index (χ2v) is 8.09. The molecule has 0 saturated heterocycles. The van der Waals surface area contributed by atoms with Crippen LogP contribution in [0.1, 0.15) is 48.8 Å². The van der Waals surface area contributed by atoms with Gasteiger partial charge in [-0.2, -0.15) is 0 Å². The summed E-state index contributed by atoms with van der Waals surface area (Å²) in [7, 11) is 0. The van der Waals surface area contributed by atoms with Crippen molar-refractivity contribution in [3.63, 3.8) is 0 Å². The van der Waals surface area contributed by atoms with E-state index in [2.05, 4.69) is 23.8 Å². The minimum Gasteiger partial charge on any atom is -0.487 e. The number of benzene rings is 1. The SMILES string of the molecule is CCC(C)C(=N)CCc1nc(-c2ccc(OCc3csc(C)n3)cc2)oc1C. The highest BCUT2D eigenvalue weighted by Gasteiger charge is 2.14. The monoisotopic (exact) mass is 397 g/mol. The van der Waals surface area contributed by atoms with Crippen molar-refractivity contribution in [3.05, 3.63) is 51.8 Å². The van der Waals surface area contributed by atoms with E-state index in [4.69, 9.17) is 14.6 Å². The number of aromatic nitrogens is 2. The molecule has 0 fully saturated rings. The van der Waals surface area contributed by atoms with Gasteiger partial charge in [0.1, 0.15) is 18.1 Å². The summed E-state index contributed by atoms with van der Waals surface area (Å²) in [5, 5.41) is 11.2. The van der Waals surface area contributed by atoms with E-state index in [0.29, 0.717) is 18.4 Å². The number of oxazole rings is 1. The van der Waals surface area contributed by atoms with Crippen LogP contribution in [0.25, 0.3) is 11.5 Å². The third kappa shape index (κ3) is 5.07. The molecule has 1 aromatic carbocycles. The summed E-state index contributed by atoms with van der Waals surface area (Å²) in [5.74, 6) is 2.56. The van der Waals surface area contributed by atoms with Crippen molar-refractivity contribution >= 4 is 17.0 Å². The van der Waals surface area contributed by atoms with Crippen LogP contribution < -0.4 is 4.74 Å². The molecule has 1 unspecified atom stereocenters. The first-order valence-corrected chi connectivity index (χ1v) is 10.5. The number of hydrogen-bond acceptors (Lipinski definition) is 6. The van der Waals surface area contributed by atoms with Crippen LogP contribution in [0.15, 0.2) is 34.1 Å². The number of thiazole rings is 1. The van der Waals surface area contributed by atoms with E-state index in [1.807, 2.05) is 43.5 Å². The van der Waals surface area contributed by atoms with E-state index in [-0.39, 0.29) is 0 Å². The van der Waals surface area contributed by atoms with E-state index in [1.165, 1.54) is 0 Å². The Hall–Kier alpha value is -2.47. The summed E-state index contributed by atoms with van der Waals surface area (Å²) in [6.07, 6.45) is 2.47. The first kappa shape index (κ1) is 20.3. The number of hydrogen-bond donors (Lipinski definition) is 1. The van der Waals surface area contributed by atoms with Gasteiger partial charge in [-0.05, 0) is 63.3 Å². The predicted octanol–water partition coefficient (Wildman–Crippen LogP) is 5.99. The lowest BCUT2D eigenvalue weighted by Crippen LogP contribution is -2.10. The fourth-order valence-electron chi connectivity index (χ4n) is 2.85. The normalized spacial score (nSPS) is 12.1. The van der Waals surface area contributed by atoms with Crippen LogP contribution in [0, 0.1) is 25.2 Å². The molecular weight excluding hydrogens is 370 g/mol. The molecule has 2 heterocycles. The van der Waals surface area contributed by atoms with Crippen molar-refractivity contribution in [3.8, 4) is 17.2 Å². The Morgan fingerprint density at radius 2 is 1.96 bits per heavy atom. The Bertz CT molecular complexity index is 928. The first-order chi connectivity index (χ1) is 13.5. The zero-order valence-corrected chi connectivity index (χ0v) is 17.7. The maximum atomic E-state index is 8.14. The van der Waals surface area contributed by atoms with Crippen molar-refractivity contribution in [1.29, 1.82) is 5.41 Å². The highest BCUT2D eigenvalue weighted by molar-refractivity contribution is 7.09. The lowest BCUT2D eigenvalue weighted by atomic mass is 9.98. The minimum absolute atomic E-state index is 0.326. The van der Waals surface area contributed by atoms with Crippen molar-refractivity contribution in [1.82, 2.24) is 9.97 Å². The van der Waals surface area contributed by atoms with Gasteiger partial charge in [-0.1, -0.05) is 13.8 Å². The summed E-state index contributed by atoms with van der Waals surface area (Å²) < 4.78 is 11.7. The maximum Gasteiger partial charge on any atom is 0.226 e. The van der Waals surface area contributed by atoms with Gasteiger partial charge in [0.05, 0.1) is 16.4 Å². The molecule has 28 heavy (non-hydrogen) atoms. The van der Waals surface area contributed by atoms with Crippen LogP contribution >= 0.6 is 11.3 Å². The summed E-state index contributed by atoms with van der Waals surface area (Å²) in [6, 6.07) is 7.76. The molecule has 2 aromatic heterocycles. The van der Waals surface area contributed by atoms with E-state index in [9.17, 15) is 0 Å². The number of ether oxygens (including phenoxy) is 1. The van der Waals surface area contributed by atoms with Crippen LogP contribution in [0.4, 0.5) is 0 Å². The highest BCUT2D eigenvalue weighted by atomic mass is 32.1. The van der Waals surface area contributed by atoms with Crippen molar-refractivity contribution in [2.75, 3.05) is 0 Å². The van der Waals surface area contributed by atoms with E-state index < -0.39 is 0 Å².